The predicted molar refractivity (Wildman–Crippen MR) is 50.8 cm³/mol. The number of likely N-dealkylation sites (tertiary alicyclic amines) is 1. The number of carbonyl (C=O) groups excluding carboxylic acids is 1. The van der Waals surface area contributed by atoms with Crippen LogP contribution in [-0.2, 0) is 9.59 Å². The van der Waals surface area contributed by atoms with Gasteiger partial charge in [0.2, 0.25) is 5.91 Å². The molecule has 1 aliphatic heterocycles. The van der Waals surface area contributed by atoms with Crippen LogP contribution in [0.15, 0.2) is 12.2 Å². The highest BCUT2D eigenvalue weighted by molar-refractivity contribution is 5.83. The van der Waals surface area contributed by atoms with Gasteiger partial charge in [0.25, 0.3) is 0 Å². The molecule has 0 aromatic carbocycles. The van der Waals surface area contributed by atoms with Crippen LogP contribution in [0.2, 0.25) is 0 Å². The molecule has 1 amide bonds. The summed E-state index contributed by atoms with van der Waals surface area (Å²) in [6.45, 7) is 1.18. The van der Waals surface area contributed by atoms with E-state index in [9.17, 15) is 9.59 Å². The van der Waals surface area contributed by atoms with Crippen molar-refractivity contribution >= 4 is 11.9 Å². The van der Waals surface area contributed by atoms with E-state index in [2.05, 4.69) is 5.32 Å². The van der Waals surface area contributed by atoms with Crippen molar-refractivity contribution in [3.05, 3.63) is 12.2 Å². The molecule has 5 nitrogen and oxygen atoms in total. The number of amides is 1. The molecule has 0 radical (unpaired) electrons. The van der Waals surface area contributed by atoms with Gasteiger partial charge in [-0.15, -0.1) is 0 Å². The first-order valence-corrected chi connectivity index (χ1v) is 4.49. The Kier molecular flexibility index (Phi) is 3.64. The first-order chi connectivity index (χ1) is 6.61. The second kappa shape index (κ2) is 4.76. The van der Waals surface area contributed by atoms with Crippen LogP contribution in [0.25, 0.3) is 0 Å². The minimum atomic E-state index is -0.971. The van der Waals surface area contributed by atoms with Crippen molar-refractivity contribution in [1.29, 1.82) is 0 Å². The molecule has 2 N–H and O–H groups in total. The third-order valence-electron chi connectivity index (χ3n) is 2.17. The molecule has 0 bridgehead atoms. The Morgan fingerprint density at radius 1 is 1.79 bits per heavy atom. The van der Waals surface area contributed by atoms with Crippen molar-refractivity contribution in [2.75, 3.05) is 20.1 Å². The average Bonchev–Trinajstić information content (AvgIpc) is 2.43. The molecule has 0 aromatic rings. The summed E-state index contributed by atoms with van der Waals surface area (Å²) in [5, 5.41) is 11.3. The lowest BCUT2D eigenvalue weighted by atomic mass is 10.2. The van der Waals surface area contributed by atoms with E-state index in [1.165, 1.54) is 6.08 Å². The number of hydrogen-bond acceptors (Lipinski definition) is 3. The fourth-order valence-corrected chi connectivity index (χ4v) is 1.38. The van der Waals surface area contributed by atoms with Gasteiger partial charge in [0.05, 0.1) is 6.04 Å². The standard InChI is InChI=1S/C9H14N2O3/c1-11-6-4-7(9(11)14)10-5-2-3-8(12)13/h2-3,7,10H,4-6H2,1H3,(H,12,13)/b3-2+. The monoisotopic (exact) mass is 198 g/mol. The molecule has 78 valence electrons. The molecule has 5 heteroatoms. The fraction of sp³-hybridized carbons (Fsp3) is 0.556. The summed E-state index contributed by atoms with van der Waals surface area (Å²) in [5.74, 6) is -0.893. The van der Waals surface area contributed by atoms with E-state index in [1.54, 1.807) is 11.9 Å². The molecule has 1 heterocycles. The van der Waals surface area contributed by atoms with E-state index in [4.69, 9.17) is 5.11 Å². The van der Waals surface area contributed by atoms with Crippen LogP contribution in [0.4, 0.5) is 0 Å². The second-order valence-corrected chi connectivity index (χ2v) is 3.25. The number of rotatable bonds is 4. The van der Waals surface area contributed by atoms with Crippen LogP contribution in [0.1, 0.15) is 6.42 Å². The third-order valence-corrected chi connectivity index (χ3v) is 2.17. The van der Waals surface area contributed by atoms with Gasteiger partial charge in [0, 0.05) is 26.2 Å². The zero-order chi connectivity index (χ0) is 10.6. The lowest BCUT2D eigenvalue weighted by Crippen LogP contribution is -2.36. The molecular weight excluding hydrogens is 184 g/mol. The Bertz CT molecular complexity index is 263. The highest BCUT2D eigenvalue weighted by Crippen LogP contribution is 2.07. The maximum atomic E-state index is 11.4. The molecule has 0 aromatic heterocycles. The summed E-state index contributed by atoms with van der Waals surface area (Å²) < 4.78 is 0. The van der Waals surface area contributed by atoms with Crippen LogP contribution in [0.5, 0.6) is 0 Å². The van der Waals surface area contributed by atoms with Crippen LogP contribution < -0.4 is 5.32 Å². The molecule has 1 rings (SSSR count). The first kappa shape index (κ1) is 10.7. The molecule has 1 saturated heterocycles. The van der Waals surface area contributed by atoms with Gasteiger partial charge in [-0.25, -0.2) is 4.79 Å². The first-order valence-electron chi connectivity index (χ1n) is 4.49. The number of carboxylic acids is 1. The van der Waals surface area contributed by atoms with Gasteiger partial charge in [0.15, 0.2) is 0 Å². The Labute approximate surface area is 82.4 Å². The van der Waals surface area contributed by atoms with Crippen molar-refractivity contribution in [2.24, 2.45) is 0 Å². The van der Waals surface area contributed by atoms with Crippen LogP contribution in [0, 0.1) is 0 Å². The molecule has 0 saturated carbocycles. The summed E-state index contributed by atoms with van der Waals surface area (Å²) in [6, 6.07) is -0.154. The molecule has 1 aliphatic rings. The zero-order valence-electron chi connectivity index (χ0n) is 8.06. The van der Waals surface area contributed by atoms with Crippen molar-refractivity contribution in [3.63, 3.8) is 0 Å². The van der Waals surface area contributed by atoms with Crippen molar-refractivity contribution in [3.8, 4) is 0 Å². The van der Waals surface area contributed by atoms with Gasteiger partial charge in [-0.1, -0.05) is 6.08 Å². The van der Waals surface area contributed by atoms with Crippen molar-refractivity contribution in [2.45, 2.75) is 12.5 Å². The van der Waals surface area contributed by atoms with E-state index in [-0.39, 0.29) is 11.9 Å². The second-order valence-electron chi connectivity index (χ2n) is 3.25. The quantitative estimate of drug-likeness (QED) is 0.594. The van der Waals surface area contributed by atoms with E-state index in [0.717, 1.165) is 19.0 Å². The number of nitrogens with one attached hydrogen (secondary N) is 1. The molecular formula is C9H14N2O3. The Hall–Kier alpha value is -1.36. The van der Waals surface area contributed by atoms with Gasteiger partial charge in [-0.05, 0) is 6.42 Å². The van der Waals surface area contributed by atoms with Gasteiger partial charge in [-0.2, -0.15) is 0 Å². The zero-order valence-corrected chi connectivity index (χ0v) is 8.06. The summed E-state index contributed by atoms with van der Waals surface area (Å²) >= 11 is 0. The predicted octanol–water partition coefficient (Wildman–Crippen LogP) is -0.552. The lowest BCUT2D eigenvalue weighted by molar-refractivity contribution is -0.131. The highest BCUT2D eigenvalue weighted by Gasteiger charge is 2.27. The van der Waals surface area contributed by atoms with Gasteiger partial charge in [-0.3, -0.25) is 4.79 Å². The molecule has 14 heavy (non-hydrogen) atoms. The topological polar surface area (TPSA) is 69.6 Å². The molecule has 1 unspecified atom stereocenters. The summed E-state index contributed by atoms with van der Waals surface area (Å²) in [5.41, 5.74) is 0. The summed E-state index contributed by atoms with van der Waals surface area (Å²) in [6.07, 6.45) is 3.35. The van der Waals surface area contributed by atoms with Crippen LogP contribution >= 0.6 is 0 Å². The van der Waals surface area contributed by atoms with Gasteiger partial charge >= 0.3 is 5.97 Å². The number of likely N-dealkylation sites (N-methyl/N-ethyl adjacent to an activating group) is 1. The molecule has 0 spiro atoms. The Balaban J connectivity index is 2.26. The number of carboxylic acid groups (broad SMARTS) is 1. The van der Waals surface area contributed by atoms with Crippen molar-refractivity contribution < 1.29 is 14.7 Å². The van der Waals surface area contributed by atoms with Gasteiger partial charge < -0.3 is 15.3 Å². The smallest absolute Gasteiger partial charge is 0.328 e. The Morgan fingerprint density at radius 2 is 2.50 bits per heavy atom. The number of aliphatic carboxylic acids is 1. The number of nitrogens with zero attached hydrogens (tertiary/aromatic N) is 1. The lowest BCUT2D eigenvalue weighted by Gasteiger charge is -2.10. The minimum Gasteiger partial charge on any atom is -0.478 e. The molecule has 1 atom stereocenters. The SMILES string of the molecule is CN1CCC(NC/C=C/C(=O)O)C1=O. The van der Waals surface area contributed by atoms with E-state index in [1.807, 2.05) is 0 Å². The molecule has 1 fully saturated rings. The van der Waals surface area contributed by atoms with Crippen LogP contribution in [0.3, 0.4) is 0 Å². The summed E-state index contributed by atoms with van der Waals surface area (Å²) in [4.78, 5) is 23.1. The molecule has 0 aliphatic carbocycles. The maximum Gasteiger partial charge on any atom is 0.328 e. The summed E-state index contributed by atoms with van der Waals surface area (Å²) in [7, 11) is 1.76. The van der Waals surface area contributed by atoms with E-state index in [0.29, 0.717) is 6.54 Å². The fourth-order valence-electron chi connectivity index (χ4n) is 1.38. The minimum absolute atomic E-state index is 0.0775. The third kappa shape index (κ3) is 2.85. The van der Waals surface area contributed by atoms with E-state index >= 15 is 0 Å². The number of carbonyl (C=O) groups is 2. The highest BCUT2D eigenvalue weighted by atomic mass is 16.4. The van der Waals surface area contributed by atoms with Crippen molar-refractivity contribution in [1.82, 2.24) is 10.2 Å². The normalized spacial score (nSPS) is 22.2. The number of hydrogen-bond donors (Lipinski definition) is 2. The largest absolute Gasteiger partial charge is 0.478 e. The average molecular weight is 198 g/mol. The maximum absolute atomic E-state index is 11.4. The van der Waals surface area contributed by atoms with E-state index < -0.39 is 5.97 Å². The Morgan fingerprint density at radius 3 is 3.00 bits per heavy atom. The van der Waals surface area contributed by atoms with Crippen LogP contribution in [-0.4, -0.2) is 48.1 Å². The van der Waals surface area contributed by atoms with Gasteiger partial charge in [0.1, 0.15) is 0 Å².